The van der Waals surface area contributed by atoms with E-state index in [1.165, 1.54) is 11.8 Å². The van der Waals surface area contributed by atoms with Crippen LogP contribution in [-0.4, -0.2) is 40.2 Å². The Morgan fingerprint density at radius 1 is 1.38 bits per heavy atom. The number of rotatable bonds is 5. The minimum Gasteiger partial charge on any atom is -0.479 e. The summed E-state index contributed by atoms with van der Waals surface area (Å²) < 4.78 is 5.01. The van der Waals surface area contributed by atoms with Crippen LogP contribution in [0.15, 0.2) is 0 Å². The van der Waals surface area contributed by atoms with E-state index in [4.69, 9.17) is 15.6 Å². The predicted octanol–water partition coefficient (Wildman–Crippen LogP) is 0.863. The topological polar surface area (TPSA) is 89.6 Å². The van der Waals surface area contributed by atoms with Crippen molar-refractivity contribution in [2.75, 3.05) is 12.0 Å². The fourth-order valence-corrected chi connectivity index (χ4v) is 1.45. The molecule has 5 nitrogen and oxygen atoms in total. The lowest BCUT2D eigenvalue weighted by Gasteiger charge is -2.27. The first-order valence-electron chi connectivity index (χ1n) is 4.88. The van der Waals surface area contributed by atoms with Crippen molar-refractivity contribution < 1.29 is 19.4 Å². The summed E-state index contributed by atoms with van der Waals surface area (Å²) in [7, 11) is 0. The molecule has 16 heavy (non-hydrogen) atoms. The Bertz CT molecular complexity index is 274. The van der Waals surface area contributed by atoms with E-state index < -0.39 is 23.1 Å². The molecule has 0 aromatic rings. The van der Waals surface area contributed by atoms with Crippen LogP contribution >= 0.6 is 11.8 Å². The molecule has 0 fully saturated rings. The first-order chi connectivity index (χ1) is 7.13. The van der Waals surface area contributed by atoms with Crippen LogP contribution in [0.2, 0.25) is 0 Å². The molecule has 0 bridgehead atoms. The van der Waals surface area contributed by atoms with Gasteiger partial charge in [0.2, 0.25) is 5.54 Å². The third kappa shape index (κ3) is 4.40. The smallest absolute Gasteiger partial charge is 0.338 e. The third-order valence-corrected chi connectivity index (χ3v) is 2.46. The normalized spacial score (nSPS) is 15.3. The molecule has 94 valence electrons. The highest BCUT2D eigenvalue weighted by molar-refractivity contribution is 7.98. The van der Waals surface area contributed by atoms with Crippen molar-refractivity contribution in [1.82, 2.24) is 0 Å². The van der Waals surface area contributed by atoms with Crippen LogP contribution in [0.4, 0.5) is 0 Å². The summed E-state index contributed by atoms with van der Waals surface area (Å²) in [4.78, 5) is 22.7. The van der Waals surface area contributed by atoms with Crippen LogP contribution < -0.4 is 5.73 Å². The second-order valence-corrected chi connectivity index (χ2v) is 5.51. The van der Waals surface area contributed by atoms with E-state index in [1.807, 2.05) is 6.26 Å². The lowest BCUT2D eigenvalue weighted by atomic mass is 9.97. The van der Waals surface area contributed by atoms with E-state index in [1.54, 1.807) is 20.8 Å². The number of carboxylic acid groups (broad SMARTS) is 1. The number of thioether (sulfide) groups is 1. The van der Waals surface area contributed by atoms with Crippen molar-refractivity contribution in [3.05, 3.63) is 0 Å². The van der Waals surface area contributed by atoms with Gasteiger partial charge in [-0.1, -0.05) is 0 Å². The molecule has 0 aliphatic heterocycles. The monoisotopic (exact) mass is 249 g/mol. The number of ether oxygens (including phenoxy) is 1. The van der Waals surface area contributed by atoms with E-state index in [2.05, 4.69) is 0 Å². The van der Waals surface area contributed by atoms with Gasteiger partial charge in [-0.2, -0.15) is 11.8 Å². The number of esters is 1. The van der Waals surface area contributed by atoms with Crippen LogP contribution in [0.5, 0.6) is 0 Å². The van der Waals surface area contributed by atoms with Gasteiger partial charge in [-0.3, -0.25) is 0 Å². The van der Waals surface area contributed by atoms with Gasteiger partial charge in [0.1, 0.15) is 5.60 Å². The van der Waals surface area contributed by atoms with Gasteiger partial charge in [-0.25, -0.2) is 9.59 Å². The fraction of sp³-hybridized carbons (Fsp3) is 0.800. The average Bonchev–Trinajstić information content (AvgIpc) is 2.10. The van der Waals surface area contributed by atoms with Crippen molar-refractivity contribution in [1.29, 1.82) is 0 Å². The number of carbonyl (C=O) groups excluding carboxylic acids is 1. The Labute approximate surface area is 99.7 Å². The van der Waals surface area contributed by atoms with Gasteiger partial charge in [0, 0.05) is 0 Å². The number of carbonyl (C=O) groups is 2. The molecule has 0 spiro atoms. The van der Waals surface area contributed by atoms with E-state index in [0.717, 1.165) is 0 Å². The Morgan fingerprint density at radius 3 is 2.19 bits per heavy atom. The first kappa shape index (κ1) is 15.2. The molecule has 0 amide bonds. The first-order valence-corrected chi connectivity index (χ1v) is 6.27. The van der Waals surface area contributed by atoms with E-state index in [-0.39, 0.29) is 6.42 Å². The zero-order valence-electron chi connectivity index (χ0n) is 10.1. The molecule has 0 rings (SSSR count). The van der Waals surface area contributed by atoms with Crippen molar-refractivity contribution in [3.8, 4) is 0 Å². The van der Waals surface area contributed by atoms with Gasteiger partial charge in [0.25, 0.3) is 0 Å². The molecule has 0 heterocycles. The Hall–Kier alpha value is -0.750. The minimum atomic E-state index is -1.95. The molecule has 0 aromatic carbocycles. The highest BCUT2D eigenvalue weighted by Crippen LogP contribution is 2.17. The molecule has 0 saturated heterocycles. The number of nitrogens with two attached hydrogens (primary N) is 1. The van der Waals surface area contributed by atoms with Crippen molar-refractivity contribution in [2.24, 2.45) is 5.73 Å². The summed E-state index contributed by atoms with van der Waals surface area (Å²) in [5.74, 6) is -1.75. The van der Waals surface area contributed by atoms with Gasteiger partial charge in [-0.15, -0.1) is 0 Å². The van der Waals surface area contributed by atoms with Crippen LogP contribution in [0.25, 0.3) is 0 Å². The minimum absolute atomic E-state index is 0.0540. The van der Waals surface area contributed by atoms with Crippen LogP contribution in [0.1, 0.15) is 27.2 Å². The molecule has 0 saturated carbocycles. The average molecular weight is 249 g/mol. The second-order valence-electron chi connectivity index (χ2n) is 4.52. The highest BCUT2D eigenvalue weighted by Gasteiger charge is 2.44. The van der Waals surface area contributed by atoms with Crippen molar-refractivity contribution in [3.63, 3.8) is 0 Å². The molecule has 0 aliphatic rings. The molecule has 0 radical (unpaired) electrons. The van der Waals surface area contributed by atoms with Gasteiger partial charge in [0.05, 0.1) is 0 Å². The summed E-state index contributed by atoms with van der Waals surface area (Å²) in [6.45, 7) is 5.01. The SMILES string of the molecule is CSCC[C@@](N)(C(=O)O)C(=O)OC(C)(C)C. The number of aliphatic carboxylic acids is 1. The second kappa shape index (κ2) is 5.54. The standard InChI is InChI=1S/C10H19NO4S/c1-9(2,3)15-8(14)10(11,7(12)13)5-6-16-4/h5-6,11H2,1-4H3,(H,12,13)/t10-/m1/s1. The van der Waals surface area contributed by atoms with Crippen LogP contribution in [-0.2, 0) is 14.3 Å². The van der Waals surface area contributed by atoms with Gasteiger partial charge in [0.15, 0.2) is 0 Å². The summed E-state index contributed by atoms with van der Waals surface area (Å²) in [5, 5.41) is 8.99. The van der Waals surface area contributed by atoms with Crippen LogP contribution in [0, 0.1) is 0 Å². The Morgan fingerprint density at radius 2 is 1.88 bits per heavy atom. The molecule has 6 heteroatoms. The maximum Gasteiger partial charge on any atom is 0.338 e. The van der Waals surface area contributed by atoms with E-state index in [0.29, 0.717) is 5.75 Å². The Balaban J connectivity index is 4.77. The zero-order chi connectivity index (χ0) is 13.0. The third-order valence-electron chi connectivity index (χ3n) is 1.85. The van der Waals surface area contributed by atoms with Crippen molar-refractivity contribution in [2.45, 2.75) is 38.3 Å². The van der Waals surface area contributed by atoms with E-state index >= 15 is 0 Å². The lowest BCUT2D eigenvalue weighted by molar-refractivity contribution is -0.169. The largest absolute Gasteiger partial charge is 0.479 e. The molecule has 0 unspecified atom stereocenters. The summed E-state index contributed by atoms with van der Waals surface area (Å²) in [5.41, 5.74) is 2.90. The molecule has 0 aliphatic carbocycles. The molecule has 1 atom stereocenters. The van der Waals surface area contributed by atoms with Crippen molar-refractivity contribution >= 4 is 23.7 Å². The molecular formula is C10H19NO4S. The lowest BCUT2D eigenvalue weighted by Crippen LogP contribution is -2.57. The molecule has 3 N–H and O–H groups in total. The molecule has 0 aromatic heterocycles. The van der Waals surface area contributed by atoms with Crippen LogP contribution in [0.3, 0.4) is 0 Å². The van der Waals surface area contributed by atoms with Gasteiger partial charge < -0.3 is 15.6 Å². The van der Waals surface area contributed by atoms with Gasteiger partial charge >= 0.3 is 11.9 Å². The maximum atomic E-state index is 11.7. The van der Waals surface area contributed by atoms with Gasteiger partial charge in [-0.05, 0) is 39.2 Å². The zero-order valence-corrected chi connectivity index (χ0v) is 10.9. The maximum absolute atomic E-state index is 11.7. The Kier molecular flexibility index (Phi) is 5.28. The quantitative estimate of drug-likeness (QED) is 0.555. The number of carboxylic acids is 1. The fourth-order valence-electron chi connectivity index (χ4n) is 0.929. The summed E-state index contributed by atoms with van der Waals surface area (Å²) in [6, 6.07) is 0. The van der Waals surface area contributed by atoms with E-state index in [9.17, 15) is 9.59 Å². The summed E-state index contributed by atoms with van der Waals surface area (Å²) >= 11 is 1.43. The summed E-state index contributed by atoms with van der Waals surface area (Å²) in [6.07, 6.45) is 1.87. The highest BCUT2D eigenvalue weighted by atomic mass is 32.2. The number of hydrogen-bond acceptors (Lipinski definition) is 5. The molecular weight excluding hydrogens is 230 g/mol. The number of hydrogen-bond donors (Lipinski definition) is 2. The predicted molar refractivity (Wildman–Crippen MR) is 63.4 cm³/mol.